The van der Waals surface area contributed by atoms with Gasteiger partial charge in [-0.1, -0.05) is 0 Å². The van der Waals surface area contributed by atoms with Gasteiger partial charge in [0.05, 0.1) is 27.0 Å². The zero-order valence-corrected chi connectivity index (χ0v) is 15.4. The Labute approximate surface area is 153 Å². The largest absolute Gasteiger partial charge is 0.497 e. The summed E-state index contributed by atoms with van der Waals surface area (Å²) in [5.74, 6) is 1.18. The molecule has 9 heteroatoms. The van der Waals surface area contributed by atoms with Gasteiger partial charge in [0.25, 0.3) is 0 Å². The molecule has 0 unspecified atom stereocenters. The summed E-state index contributed by atoms with van der Waals surface area (Å²) in [5, 5.41) is 5.58. The Morgan fingerprint density at radius 2 is 1.81 bits per heavy atom. The Hall–Kier alpha value is -2.68. The summed E-state index contributed by atoms with van der Waals surface area (Å²) in [6.07, 6.45) is -0.296. The van der Waals surface area contributed by atoms with E-state index in [1.54, 1.807) is 30.2 Å². The number of ether oxygens (including phenoxy) is 3. The minimum absolute atomic E-state index is 0.296. The lowest BCUT2D eigenvalue weighted by Gasteiger charge is -2.33. The highest BCUT2D eigenvalue weighted by atomic mass is 16.5. The first-order chi connectivity index (χ1) is 12.6. The number of carbonyl (C=O) groups is 2. The lowest BCUT2D eigenvalue weighted by atomic mass is 10.2. The van der Waals surface area contributed by atoms with E-state index in [1.807, 2.05) is 0 Å². The van der Waals surface area contributed by atoms with Crippen molar-refractivity contribution in [1.82, 2.24) is 15.1 Å². The summed E-state index contributed by atoms with van der Waals surface area (Å²) >= 11 is 0. The zero-order chi connectivity index (χ0) is 18.9. The van der Waals surface area contributed by atoms with Crippen LogP contribution in [0.1, 0.15) is 0 Å². The molecule has 1 aliphatic rings. The Balaban J connectivity index is 1.72. The molecule has 1 aromatic rings. The van der Waals surface area contributed by atoms with E-state index in [1.165, 1.54) is 14.2 Å². The quantitative estimate of drug-likeness (QED) is 0.786. The van der Waals surface area contributed by atoms with Crippen molar-refractivity contribution in [2.75, 3.05) is 65.9 Å². The fourth-order valence-electron chi connectivity index (χ4n) is 2.68. The first kappa shape index (κ1) is 19.6. The van der Waals surface area contributed by atoms with E-state index in [0.29, 0.717) is 43.4 Å². The van der Waals surface area contributed by atoms with E-state index in [2.05, 4.69) is 15.5 Å². The molecule has 0 atom stereocenters. The molecule has 1 fully saturated rings. The van der Waals surface area contributed by atoms with Crippen LogP contribution in [-0.2, 0) is 4.74 Å². The van der Waals surface area contributed by atoms with Gasteiger partial charge in [-0.05, 0) is 12.1 Å². The summed E-state index contributed by atoms with van der Waals surface area (Å²) in [4.78, 5) is 27.4. The molecule has 1 aliphatic heterocycles. The number of benzene rings is 1. The molecule has 2 rings (SSSR count). The van der Waals surface area contributed by atoms with Crippen molar-refractivity contribution in [1.29, 1.82) is 0 Å². The number of anilines is 1. The predicted octanol–water partition coefficient (Wildman–Crippen LogP) is 1.21. The molecule has 0 aromatic heterocycles. The van der Waals surface area contributed by atoms with Crippen LogP contribution in [0.2, 0.25) is 0 Å². The molecule has 1 heterocycles. The highest BCUT2D eigenvalue weighted by molar-refractivity contribution is 5.91. The summed E-state index contributed by atoms with van der Waals surface area (Å²) in [6.45, 7) is 3.98. The van der Waals surface area contributed by atoms with Gasteiger partial charge in [-0.2, -0.15) is 0 Å². The Kier molecular flexibility index (Phi) is 7.34. The second kappa shape index (κ2) is 9.71. The van der Waals surface area contributed by atoms with Crippen LogP contribution in [0.4, 0.5) is 15.3 Å². The first-order valence-corrected chi connectivity index (χ1v) is 8.39. The molecule has 0 aliphatic carbocycles. The van der Waals surface area contributed by atoms with Gasteiger partial charge in [0, 0.05) is 45.3 Å². The van der Waals surface area contributed by atoms with Gasteiger partial charge in [0.15, 0.2) is 0 Å². The van der Waals surface area contributed by atoms with Crippen molar-refractivity contribution < 1.29 is 23.8 Å². The predicted molar refractivity (Wildman–Crippen MR) is 97.0 cm³/mol. The average Bonchev–Trinajstić information content (AvgIpc) is 2.68. The number of piperazine rings is 1. The second-order valence-corrected chi connectivity index (χ2v) is 5.75. The lowest BCUT2D eigenvalue weighted by molar-refractivity contribution is 0.0916. The van der Waals surface area contributed by atoms with Crippen LogP contribution < -0.4 is 20.1 Å². The van der Waals surface area contributed by atoms with Crippen LogP contribution in [0.3, 0.4) is 0 Å². The second-order valence-electron chi connectivity index (χ2n) is 5.75. The average molecular weight is 366 g/mol. The van der Waals surface area contributed by atoms with E-state index in [4.69, 9.17) is 14.2 Å². The standard InChI is InChI=1S/C17H26N4O5/c1-24-13-4-5-14(15(12-13)25-2)19-16(22)18-6-7-20-8-10-21(11-9-20)17(23)26-3/h4-5,12H,6-11H2,1-3H3,(H2,18,19,22). The molecular formula is C17H26N4O5. The summed E-state index contributed by atoms with van der Waals surface area (Å²) in [6, 6.07) is 4.88. The number of amides is 3. The van der Waals surface area contributed by atoms with Gasteiger partial charge in [0.1, 0.15) is 11.5 Å². The Morgan fingerprint density at radius 3 is 2.42 bits per heavy atom. The van der Waals surface area contributed by atoms with Crippen molar-refractivity contribution in [3.05, 3.63) is 18.2 Å². The van der Waals surface area contributed by atoms with E-state index in [9.17, 15) is 9.59 Å². The normalized spacial score (nSPS) is 14.5. The Bertz CT molecular complexity index is 617. The molecule has 0 saturated carbocycles. The SMILES string of the molecule is COC(=O)N1CCN(CCNC(=O)Nc2ccc(OC)cc2OC)CC1. The van der Waals surface area contributed by atoms with Gasteiger partial charge in [-0.3, -0.25) is 4.90 Å². The number of urea groups is 1. The number of hydrogen-bond acceptors (Lipinski definition) is 6. The topological polar surface area (TPSA) is 92.4 Å². The highest BCUT2D eigenvalue weighted by Gasteiger charge is 2.21. The molecule has 9 nitrogen and oxygen atoms in total. The smallest absolute Gasteiger partial charge is 0.409 e. The van der Waals surface area contributed by atoms with Crippen molar-refractivity contribution in [2.24, 2.45) is 0 Å². The van der Waals surface area contributed by atoms with Crippen LogP contribution in [0, 0.1) is 0 Å². The lowest BCUT2D eigenvalue weighted by Crippen LogP contribution is -2.50. The minimum Gasteiger partial charge on any atom is -0.497 e. The summed E-state index contributed by atoms with van der Waals surface area (Å²) in [7, 11) is 4.49. The summed E-state index contributed by atoms with van der Waals surface area (Å²) < 4.78 is 15.1. The number of nitrogens with zero attached hydrogens (tertiary/aromatic N) is 2. The van der Waals surface area contributed by atoms with E-state index in [0.717, 1.165) is 13.1 Å². The van der Waals surface area contributed by atoms with Crippen molar-refractivity contribution >= 4 is 17.8 Å². The van der Waals surface area contributed by atoms with Gasteiger partial charge in [-0.25, -0.2) is 9.59 Å². The van der Waals surface area contributed by atoms with E-state index in [-0.39, 0.29) is 12.1 Å². The minimum atomic E-state index is -0.304. The molecule has 0 radical (unpaired) electrons. The molecular weight excluding hydrogens is 340 g/mol. The third kappa shape index (κ3) is 5.41. The third-order valence-corrected chi connectivity index (χ3v) is 4.18. The van der Waals surface area contributed by atoms with Crippen LogP contribution in [-0.4, -0.2) is 82.5 Å². The van der Waals surface area contributed by atoms with Crippen molar-refractivity contribution in [3.8, 4) is 11.5 Å². The van der Waals surface area contributed by atoms with Crippen LogP contribution in [0.15, 0.2) is 18.2 Å². The molecule has 1 aromatic carbocycles. The van der Waals surface area contributed by atoms with Gasteiger partial charge < -0.3 is 29.7 Å². The maximum atomic E-state index is 12.1. The zero-order valence-electron chi connectivity index (χ0n) is 15.4. The van der Waals surface area contributed by atoms with Crippen LogP contribution in [0.5, 0.6) is 11.5 Å². The fourth-order valence-corrected chi connectivity index (χ4v) is 2.68. The fraction of sp³-hybridized carbons (Fsp3) is 0.529. The molecule has 0 bridgehead atoms. The maximum Gasteiger partial charge on any atom is 0.409 e. The molecule has 1 saturated heterocycles. The maximum absolute atomic E-state index is 12.1. The molecule has 26 heavy (non-hydrogen) atoms. The highest BCUT2D eigenvalue weighted by Crippen LogP contribution is 2.28. The summed E-state index contributed by atoms with van der Waals surface area (Å²) in [5.41, 5.74) is 0.567. The van der Waals surface area contributed by atoms with Crippen molar-refractivity contribution in [2.45, 2.75) is 0 Å². The van der Waals surface area contributed by atoms with Gasteiger partial charge >= 0.3 is 12.1 Å². The van der Waals surface area contributed by atoms with Gasteiger partial charge in [0.2, 0.25) is 0 Å². The first-order valence-electron chi connectivity index (χ1n) is 8.39. The molecule has 0 spiro atoms. The van der Waals surface area contributed by atoms with Crippen molar-refractivity contribution in [3.63, 3.8) is 0 Å². The molecule has 3 amide bonds. The molecule has 144 valence electrons. The van der Waals surface area contributed by atoms with Crippen LogP contribution in [0.25, 0.3) is 0 Å². The number of carbonyl (C=O) groups excluding carboxylic acids is 2. The number of rotatable bonds is 6. The number of hydrogen-bond donors (Lipinski definition) is 2. The number of methoxy groups -OCH3 is 3. The van der Waals surface area contributed by atoms with Crippen LogP contribution >= 0.6 is 0 Å². The third-order valence-electron chi connectivity index (χ3n) is 4.18. The van der Waals surface area contributed by atoms with E-state index < -0.39 is 0 Å². The van der Waals surface area contributed by atoms with E-state index >= 15 is 0 Å². The van der Waals surface area contributed by atoms with Gasteiger partial charge in [-0.15, -0.1) is 0 Å². The molecule has 2 N–H and O–H groups in total. The number of nitrogens with one attached hydrogen (secondary N) is 2. The monoisotopic (exact) mass is 366 g/mol. The Morgan fingerprint density at radius 1 is 1.08 bits per heavy atom.